The predicted molar refractivity (Wildman–Crippen MR) is 73.5 cm³/mol. The Morgan fingerprint density at radius 2 is 2.18 bits per heavy atom. The standard InChI is InChI=1S/C14H18N2O6/c1-8-20-7-11-10(22-8)5-9(6-21-11)16-4-3-15-12(13(16)17)14(18)19-2/h3-4,8-11H,5-7H2,1-2H3/t8?,9-,10+,11+/m1/s1. The molecule has 3 rings (SSSR count). The summed E-state index contributed by atoms with van der Waals surface area (Å²) in [5.74, 6) is -0.745. The zero-order chi connectivity index (χ0) is 15.7. The van der Waals surface area contributed by atoms with Gasteiger partial charge in [-0.2, -0.15) is 0 Å². The van der Waals surface area contributed by atoms with E-state index in [-0.39, 0.29) is 30.2 Å². The smallest absolute Gasteiger partial charge is 0.362 e. The third-order valence-corrected chi connectivity index (χ3v) is 3.92. The van der Waals surface area contributed by atoms with Crippen LogP contribution in [0.3, 0.4) is 0 Å². The van der Waals surface area contributed by atoms with E-state index in [9.17, 15) is 9.59 Å². The van der Waals surface area contributed by atoms with Gasteiger partial charge in [-0.3, -0.25) is 4.79 Å². The van der Waals surface area contributed by atoms with Gasteiger partial charge in [0.15, 0.2) is 6.29 Å². The molecule has 0 amide bonds. The molecule has 0 spiro atoms. The van der Waals surface area contributed by atoms with Gasteiger partial charge in [-0.1, -0.05) is 0 Å². The minimum atomic E-state index is -0.745. The molecule has 0 radical (unpaired) electrons. The first-order valence-corrected chi connectivity index (χ1v) is 7.14. The van der Waals surface area contributed by atoms with Crippen molar-refractivity contribution in [2.24, 2.45) is 0 Å². The molecule has 0 bridgehead atoms. The summed E-state index contributed by atoms with van der Waals surface area (Å²) in [5, 5.41) is 0. The Morgan fingerprint density at radius 1 is 1.36 bits per heavy atom. The number of esters is 1. The van der Waals surface area contributed by atoms with Crippen LogP contribution >= 0.6 is 0 Å². The molecular formula is C14H18N2O6. The molecule has 2 aliphatic rings. The SMILES string of the molecule is COC(=O)c1nccn([C@H]2CO[C@H]3COC(C)O[C@H]3C2)c1=O. The van der Waals surface area contributed by atoms with Crippen molar-refractivity contribution in [3.05, 3.63) is 28.4 Å². The van der Waals surface area contributed by atoms with Gasteiger partial charge < -0.3 is 23.5 Å². The molecule has 4 atom stereocenters. The lowest BCUT2D eigenvalue weighted by molar-refractivity contribution is -0.272. The van der Waals surface area contributed by atoms with Crippen molar-refractivity contribution < 1.29 is 23.7 Å². The van der Waals surface area contributed by atoms with E-state index in [4.69, 9.17) is 14.2 Å². The largest absolute Gasteiger partial charge is 0.464 e. The monoisotopic (exact) mass is 310 g/mol. The number of carbonyl (C=O) groups is 1. The fourth-order valence-corrected chi connectivity index (χ4v) is 2.79. The molecule has 8 heteroatoms. The second-order valence-corrected chi connectivity index (χ2v) is 5.32. The molecule has 3 heterocycles. The van der Waals surface area contributed by atoms with E-state index in [1.54, 1.807) is 6.20 Å². The van der Waals surface area contributed by atoms with Crippen molar-refractivity contribution in [3.8, 4) is 0 Å². The number of rotatable bonds is 2. The Kier molecular flexibility index (Phi) is 4.23. The zero-order valence-corrected chi connectivity index (χ0v) is 12.4. The lowest BCUT2D eigenvalue weighted by Gasteiger charge is -2.41. The van der Waals surface area contributed by atoms with Crippen molar-refractivity contribution in [3.63, 3.8) is 0 Å². The van der Waals surface area contributed by atoms with Crippen molar-refractivity contribution in [1.29, 1.82) is 0 Å². The highest BCUT2D eigenvalue weighted by Crippen LogP contribution is 2.29. The lowest BCUT2D eigenvalue weighted by Crippen LogP contribution is -2.50. The summed E-state index contributed by atoms with van der Waals surface area (Å²) in [5.41, 5.74) is -0.713. The molecule has 2 aliphatic heterocycles. The maximum atomic E-state index is 12.4. The molecule has 120 valence electrons. The van der Waals surface area contributed by atoms with Crippen LogP contribution in [-0.4, -0.2) is 54.3 Å². The molecule has 0 saturated carbocycles. The van der Waals surface area contributed by atoms with Gasteiger partial charge >= 0.3 is 5.97 Å². The van der Waals surface area contributed by atoms with Crippen molar-refractivity contribution in [2.75, 3.05) is 20.3 Å². The topological polar surface area (TPSA) is 88.9 Å². The summed E-state index contributed by atoms with van der Waals surface area (Å²) >= 11 is 0. The number of carbonyl (C=O) groups excluding carboxylic acids is 1. The number of methoxy groups -OCH3 is 1. The maximum Gasteiger partial charge on any atom is 0.362 e. The molecule has 2 fully saturated rings. The van der Waals surface area contributed by atoms with Crippen LogP contribution in [0.4, 0.5) is 0 Å². The first-order valence-electron chi connectivity index (χ1n) is 7.14. The van der Waals surface area contributed by atoms with Crippen molar-refractivity contribution >= 4 is 5.97 Å². The van der Waals surface area contributed by atoms with E-state index < -0.39 is 11.5 Å². The summed E-state index contributed by atoms with van der Waals surface area (Å²) in [6.45, 7) is 2.66. The van der Waals surface area contributed by atoms with Crippen LogP contribution in [0.2, 0.25) is 0 Å². The highest BCUT2D eigenvalue weighted by Gasteiger charge is 2.38. The van der Waals surface area contributed by atoms with E-state index >= 15 is 0 Å². The Hall–Kier alpha value is -1.77. The van der Waals surface area contributed by atoms with Gasteiger partial charge in [0.1, 0.15) is 6.10 Å². The van der Waals surface area contributed by atoms with E-state index in [2.05, 4.69) is 9.72 Å². The van der Waals surface area contributed by atoms with Crippen molar-refractivity contribution in [2.45, 2.75) is 37.9 Å². The Morgan fingerprint density at radius 3 is 2.95 bits per heavy atom. The highest BCUT2D eigenvalue weighted by molar-refractivity contribution is 5.86. The average molecular weight is 310 g/mol. The van der Waals surface area contributed by atoms with E-state index in [0.29, 0.717) is 19.6 Å². The van der Waals surface area contributed by atoms with Gasteiger partial charge in [0.05, 0.1) is 32.5 Å². The fourth-order valence-electron chi connectivity index (χ4n) is 2.79. The minimum absolute atomic E-state index is 0.120. The summed E-state index contributed by atoms with van der Waals surface area (Å²) in [4.78, 5) is 27.7. The second-order valence-electron chi connectivity index (χ2n) is 5.32. The normalized spacial score (nSPS) is 31.4. The van der Waals surface area contributed by atoms with Gasteiger partial charge in [-0.15, -0.1) is 0 Å². The summed E-state index contributed by atoms with van der Waals surface area (Å²) in [7, 11) is 1.21. The van der Waals surface area contributed by atoms with Gasteiger partial charge in [0, 0.05) is 12.4 Å². The Labute approximate surface area is 126 Å². The molecule has 2 saturated heterocycles. The molecular weight excluding hydrogens is 292 g/mol. The molecule has 1 unspecified atom stereocenters. The highest BCUT2D eigenvalue weighted by atomic mass is 16.7. The van der Waals surface area contributed by atoms with E-state index in [0.717, 1.165) is 0 Å². The first kappa shape index (κ1) is 15.1. The third-order valence-electron chi connectivity index (χ3n) is 3.92. The summed E-state index contributed by atoms with van der Waals surface area (Å²) in [6, 6.07) is -0.217. The van der Waals surface area contributed by atoms with E-state index in [1.165, 1.54) is 17.9 Å². The molecule has 0 aliphatic carbocycles. The Balaban J connectivity index is 1.83. The number of ether oxygens (including phenoxy) is 4. The third kappa shape index (κ3) is 2.77. The van der Waals surface area contributed by atoms with Crippen LogP contribution in [0.5, 0.6) is 0 Å². The molecule has 1 aromatic rings. The summed E-state index contributed by atoms with van der Waals surface area (Å²) < 4.78 is 22.9. The van der Waals surface area contributed by atoms with Crippen LogP contribution in [0.15, 0.2) is 17.2 Å². The average Bonchev–Trinajstić information content (AvgIpc) is 2.53. The minimum Gasteiger partial charge on any atom is -0.464 e. The zero-order valence-electron chi connectivity index (χ0n) is 12.4. The number of hydrogen-bond acceptors (Lipinski definition) is 7. The molecule has 0 N–H and O–H groups in total. The molecule has 22 heavy (non-hydrogen) atoms. The number of hydrogen-bond donors (Lipinski definition) is 0. The van der Waals surface area contributed by atoms with Gasteiger partial charge in [0.25, 0.3) is 5.56 Å². The van der Waals surface area contributed by atoms with Gasteiger partial charge in [-0.25, -0.2) is 9.78 Å². The lowest BCUT2D eigenvalue weighted by atomic mass is 10.0. The number of aromatic nitrogens is 2. The van der Waals surface area contributed by atoms with Crippen LogP contribution in [-0.2, 0) is 18.9 Å². The fraction of sp³-hybridized carbons (Fsp3) is 0.643. The number of nitrogens with zero attached hydrogens (tertiary/aromatic N) is 2. The van der Waals surface area contributed by atoms with Gasteiger partial charge in [-0.05, 0) is 13.3 Å². The number of fused-ring (bicyclic) bond motifs is 1. The second kappa shape index (κ2) is 6.15. The molecule has 8 nitrogen and oxygen atoms in total. The van der Waals surface area contributed by atoms with Crippen LogP contribution in [0.1, 0.15) is 29.9 Å². The van der Waals surface area contributed by atoms with Crippen LogP contribution in [0.25, 0.3) is 0 Å². The maximum absolute atomic E-state index is 12.4. The van der Waals surface area contributed by atoms with Crippen molar-refractivity contribution in [1.82, 2.24) is 9.55 Å². The molecule has 1 aromatic heterocycles. The quantitative estimate of drug-likeness (QED) is 0.717. The predicted octanol–water partition coefficient (Wildman–Crippen LogP) is 0.121. The Bertz CT molecular complexity index is 616. The van der Waals surface area contributed by atoms with E-state index in [1.807, 2.05) is 6.92 Å². The first-order chi connectivity index (χ1) is 10.6. The molecule has 0 aromatic carbocycles. The van der Waals surface area contributed by atoms with Gasteiger partial charge in [0.2, 0.25) is 5.69 Å². The summed E-state index contributed by atoms with van der Waals surface area (Å²) in [6.07, 6.45) is 3.03. The van der Waals surface area contributed by atoms with Crippen LogP contribution < -0.4 is 5.56 Å². The van der Waals surface area contributed by atoms with Crippen LogP contribution in [0, 0.1) is 0 Å².